The van der Waals surface area contributed by atoms with E-state index in [1.54, 1.807) is 24.5 Å². The number of halogens is 2. The third-order valence-corrected chi connectivity index (χ3v) is 6.63. The number of nitrogens with one attached hydrogen (secondary N) is 1. The minimum Gasteiger partial charge on any atom is -0.467 e. The van der Waals surface area contributed by atoms with Crippen LogP contribution in [0.2, 0.25) is 0 Å². The number of rotatable bonds is 3. The fourth-order valence-electron chi connectivity index (χ4n) is 5.41. The van der Waals surface area contributed by atoms with Gasteiger partial charge in [-0.2, -0.15) is 0 Å². The molecule has 2 amide bonds. The summed E-state index contributed by atoms with van der Waals surface area (Å²) in [4.78, 5) is 17.2. The summed E-state index contributed by atoms with van der Waals surface area (Å²) in [7, 11) is 0. The van der Waals surface area contributed by atoms with Crippen molar-refractivity contribution in [2.45, 2.75) is 37.4 Å². The molecule has 1 N–H and O–H groups in total. The average Bonchev–Trinajstić information content (AvgIpc) is 3.38. The molecule has 148 valence electrons. The standard InChI is InChI=1S/C21H23F2N3O2/c22-17-5-1-4-15(18(17)23)16-12-26(21(27)24-11-14-3-2-10-28-14)19-13-6-8-25(9-7-13)20(16)19/h1-5,10,13,16,19-20H,6-9,11-12H2,(H,24,27)/t16-,19+,20+/m1/s1. The van der Waals surface area contributed by atoms with E-state index in [4.69, 9.17) is 4.42 Å². The first-order chi connectivity index (χ1) is 13.6. The summed E-state index contributed by atoms with van der Waals surface area (Å²) in [6.07, 6.45) is 3.66. The molecule has 4 saturated heterocycles. The van der Waals surface area contributed by atoms with E-state index >= 15 is 0 Å². The molecule has 4 aliphatic heterocycles. The van der Waals surface area contributed by atoms with Gasteiger partial charge in [0, 0.05) is 18.5 Å². The molecule has 4 aliphatic rings. The minimum absolute atomic E-state index is 0.0340. The van der Waals surface area contributed by atoms with Crippen LogP contribution in [-0.4, -0.2) is 47.5 Å². The smallest absolute Gasteiger partial charge is 0.318 e. The Kier molecular flexibility index (Phi) is 4.34. The highest BCUT2D eigenvalue weighted by molar-refractivity contribution is 5.75. The lowest BCUT2D eigenvalue weighted by atomic mass is 9.75. The van der Waals surface area contributed by atoms with E-state index in [0.29, 0.717) is 30.3 Å². The van der Waals surface area contributed by atoms with E-state index in [1.807, 2.05) is 11.0 Å². The van der Waals surface area contributed by atoms with Crippen LogP contribution in [0.4, 0.5) is 13.6 Å². The van der Waals surface area contributed by atoms with Crippen LogP contribution in [0.5, 0.6) is 0 Å². The van der Waals surface area contributed by atoms with Crippen LogP contribution in [0.15, 0.2) is 41.0 Å². The summed E-state index contributed by atoms with van der Waals surface area (Å²) in [6.45, 7) is 2.63. The SMILES string of the molecule is O=C(NCc1ccco1)N1C[C@H](c2cccc(F)c2F)[C@H]2[C@@H]1C1CCN2CC1. The Morgan fingerprint density at radius 3 is 2.71 bits per heavy atom. The topological polar surface area (TPSA) is 48.7 Å². The highest BCUT2D eigenvalue weighted by Gasteiger charge is 2.55. The maximum atomic E-state index is 14.6. The second-order valence-electron chi connectivity index (χ2n) is 7.99. The van der Waals surface area contributed by atoms with E-state index in [9.17, 15) is 13.6 Å². The summed E-state index contributed by atoms with van der Waals surface area (Å²) in [5.41, 5.74) is 0.379. The number of piperidine rings is 3. The van der Waals surface area contributed by atoms with Gasteiger partial charge in [-0.05, 0) is 55.6 Å². The van der Waals surface area contributed by atoms with Crippen molar-refractivity contribution in [3.8, 4) is 0 Å². The van der Waals surface area contributed by atoms with Crippen LogP contribution < -0.4 is 5.32 Å². The average molecular weight is 387 g/mol. The summed E-state index contributed by atoms with van der Waals surface area (Å²) in [5, 5.41) is 2.92. The molecule has 0 unspecified atom stereocenters. The van der Waals surface area contributed by atoms with Gasteiger partial charge in [0.15, 0.2) is 11.6 Å². The van der Waals surface area contributed by atoms with Crippen molar-refractivity contribution in [3.63, 3.8) is 0 Å². The Morgan fingerprint density at radius 2 is 1.96 bits per heavy atom. The van der Waals surface area contributed by atoms with Gasteiger partial charge in [-0.3, -0.25) is 4.90 Å². The molecule has 5 nitrogen and oxygen atoms in total. The number of amides is 2. The molecule has 0 spiro atoms. The molecular weight excluding hydrogens is 364 g/mol. The molecule has 2 bridgehead atoms. The molecule has 6 rings (SSSR count). The van der Waals surface area contributed by atoms with Gasteiger partial charge in [-0.25, -0.2) is 13.6 Å². The first kappa shape index (κ1) is 17.7. The zero-order chi connectivity index (χ0) is 19.3. The Morgan fingerprint density at radius 1 is 1.14 bits per heavy atom. The van der Waals surface area contributed by atoms with E-state index < -0.39 is 11.6 Å². The normalized spacial score (nSPS) is 31.1. The molecule has 28 heavy (non-hydrogen) atoms. The van der Waals surface area contributed by atoms with Crippen molar-refractivity contribution in [2.24, 2.45) is 5.92 Å². The molecule has 0 aliphatic carbocycles. The van der Waals surface area contributed by atoms with E-state index in [1.165, 1.54) is 0 Å². The maximum Gasteiger partial charge on any atom is 0.318 e. The number of fused-ring (bicyclic) bond motifs is 2. The molecule has 0 radical (unpaired) electrons. The molecule has 1 aromatic carbocycles. The number of furan rings is 1. The summed E-state index contributed by atoms with van der Waals surface area (Å²) >= 11 is 0. The van der Waals surface area contributed by atoms with E-state index in [0.717, 1.165) is 32.0 Å². The van der Waals surface area contributed by atoms with Crippen molar-refractivity contribution < 1.29 is 18.0 Å². The van der Waals surface area contributed by atoms with Crippen LogP contribution in [0, 0.1) is 17.6 Å². The quantitative estimate of drug-likeness (QED) is 0.879. The van der Waals surface area contributed by atoms with Crippen LogP contribution in [0.1, 0.15) is 30.1 Å². The predicted molar refractivity (Wildman–Crippen MR) is 98.6 cm³/mol. The molecule has 4 fully saturated rings. The number of benzene rings is 1. The lowest BCUT2D eigenvalue weighted by molar-refractivity contribution is 0.00322. The van der Waals surface area contributed by atoms with Crippen molar-refractivity contribution in [3.05, 3.63) is 59.6 Å². The van der Waals surface area contributed by atoms with E-state index in [-0.39, 0.29) is 24.0 Å². The number of urea groups is 1. The van der Waals surface area contributed by atoms with Crippen molar-refractivity contribution in [2.75, 3.05) is 19.6 Å². The summed E-state index contributed by atoms with van der Waals surface area (Å²) in [6, 6.07) is 7.86. The number of likely N-dealkylation sites (tertiary alicyclic amines) is 1. The van der Waals surface area contributed by atoms with Gasteiger partial charge < -0.3 is 14.6 Å². The van der Waals surface area contributed by atoms with Gasteiger partial charge in [0.25, 0.3) is 0 Å². The first-order valence-corrected chi connectivity index (χ1v) is 9.88. The molecule has 0 saturated carbocycles. The van der Waals surface area contributed by atoms with Gasteiger partial charge in [0.2, 0.25) is 0 Å². The third-order valence-electron chi connectivity index (χ3n) is 6.63. The number of hydrogen-bond donors (Lipinski definition) is 1. The zero-order valence-corrected chi connectivity index (χ0v) is 15.5. The zero-order valence-electron chi connectivity index (χ0n) is 15.5. The second-order valence-corrected chi connectivity index (χ2v) is 7.99. The monoisotopic (exact) mass is 387 g/mol. The number of hydrogen-bond acceptors (Lipinski definition) is 3. The third kappa shape index (κ3) is 2.80. The maximum absolute atomic E-state index is 14.6. The molecule has 1 aromatic heterocycles. The second kappa shape index (κ2) is 6.88. The first-order valence-electron chi connectivity index (χ1n) is 9.88. The number of carbonyl (C=O) groups excluding carboxylic acids is 1. The number of carbonyl (C=O) groups is 1. The molecule has 7 heteroatoms. The highest BCUT2D eigenvalue weighted by Crippen LogP contribution is 2.47. The lowest BCUT2D eigenvalue weighted by Gasteiger charge is -2.51. The van der Waals surface area contributed by atoms with Gasteiger partial charge in [-0.1, -0.05) is 12.1 Å². The van der Waals surface area contributed by atoms with Gasteiger partial charge in [-0.15, -0.1) is 0 Å². The largest absolute Gasteiger partial charge is 0.467 e. The van der Waals surface area contributed by atoms with Crippen molar-refractivity contribution >= 4 is 6.03 Å². The predicted octanol–water partition coefficient (Wildman–Crippen LogP) is 3.33. The Labute approximate surface area is 162 Å². The van der Waals surface area contributed by atoms with Gasteiger partial charge >= 0.3 is 6.03 Å². The fraction of sp³-hybridized carbons (Fsp3) is 0.476. The Bertz CT molecular complexity index is 865. The molecular formula is C21H23F2N3O2. The van der Waals surface area contributed by atoms with Crippen LogP contribution in [-0.2, 0) is 6.54 Å². The van der Waals surface area contributed by atoms with Crippen LogP contribution >= 0.6 is 0 Å². The highest BCUT2D eigenvalue weighted by atomic mass is 19.2. The summed E-state index contributed by atoms with van der Waals surface area (Å²) in [5.74, 6) is -0.743. The van der Waals surface area contributed by atoms with Gasteiger partial charge in [0.05, 0.1) is 18.8 Å². The Balaban J connectivity index is 1.43. The minimum atomic E-state index is -0.828. The van der Waals surface area contributed by atoms with Crippen molar-refractivity contribution in [1.29, 1.82) is 0 Å². The van der Waals surface area contributed by atoms with Crippen molar-refractivity contribution in [1.82, 2.24) is 15.1 Å². The van der Waals surface area contributed by atoms with E-state index in [2.05, 4.69) is 10.2 Å². The lowest BCUT2D eigenvalue weighted by Crippen LogP contribution is -2.61. The summed E-state index contributed by atoms with van der Waals surface area (Å²) < 4.78 is 33.8. The van der Waals surface area contributed by atoms with Crippen LogP contribution in [0.25, 0.3) is 0 Å². The molecule has 3 atom stereocenters. The van der Waals surface area contributed by atoms with Gasteiger partial charge in [0.1, 0.15) is 5.76 Å². The van der Waals surface area contributed by atoms with Crippen LogP contribution in [0.3, 0.4) is 0 Å². The molecule has 2 aromatic rings. The number of nitrogens with zero attached hydrogens (tertiary/aromatic N) is 2. The molecule has 5 heterocycles. The fourth-order valence-corrected chi connectivity index (χ4v) is 5.41. The Hall–Kier alpha value is -2.41.